The van der Waals surface area contributed by atoms with Crippen molar-refractivity contribution in [3.63, 3.8) is 0 Å². The highest BCUT2D eigenvalue weighted by Crippen LogP contribution is 2.30. The van der Waals surface area contributed by atoms with Gasteiger partial charge in [0.25, 0.3) is 11.8 Å². The predicted octanol–water partition coefficient (Wildman–Crippen LogP) is 1.57. The number of hydrogen-bond donors (Lipinski definition) is 1. The molecule has 25 heavy (non-hydrogen) atoms. The molecule has 2 aromatic rings. The average Bonchev–Trinajstić information content (AvgIpc) is 2.66. The van der Waals surface area contributed by atoms with Gasteiger partial charge in [0.2, 0.25) is 0 Å². The fourth-order valence-electron chi connectivity index (χ4n) is 2.21. The van der Waals surface area contributed by atoms with Crippen LogP contribution in [-0.2, 0) is 9.53 Å². The number of esters is 1. The van der Waals surface area contributed by atoms with Crippen LogP contribution < -0.4 is 14.8 Å². The van der Waals surface area contributed by atoms with Crippen LogP contribution in [0.5, 0.6) is 11.5 Å². The highest BCUT2D eigenvalue weighted by atomic mass is 16.6. The molecule has 0 atom stereocenters. The number of carbonyl (C=O) groups is 3. The van der Waals surface area contributed by atoms with Crippen LogP contribution in [0.25, 0.3) is 0 Å². The molecule has 2 aromatic carbocycles. The molecule has 2 amide bonds. The molecule has 7 nitrogen and oxygen atoms in total. The summed E-state index contributed by atoms with van der Waals surface area (Å²) in [6.07, 6.45) is 0. The van der Waals surface area contributed by atoms with E-state index in [0.29, 0.717) is 30.3 Å². The predicted molar refractivity (Wildman–Crippen MR) is 86.6 cm³/mol. The number of imide groups is 1. The van der Waals surface area contributed by atoms with Crippen molar-refractivity contribution in [3.8, 4) is 11.5 Å². The zero-order chi connectivity index (χ0) is 17.6. The van der Waals surface area contributed by atoms with E-state index in [9.17, 15) is 14.4 Å². The van der Waals surface area contributed by atoms with Gasteiger partial charge in [-0.1, -0.05) is 18.2 Å². The topological polar surface area (TPSA) is 90.9 Å². The Bertz CT molecular complexity index is 802. The third-order valence-corrected chi connectivity index (χ3v) is 3.40. The van der Waals surface area contributed by atoms with E-state index in [2.05, 4.69) is 5.32 Å². The Morgan fingerprint density at radius 3 is 2.40 bits per heavy atom. The monoisotopic (exact) mass is 341 g/mol. The molecule has 1 heterocycles. The summed E-state index contributed by atoms with van der Waals surface area (Å²) in [5, 5.41) is 2.15. The summed E-state index contributed by atoms with van der Waals surface area (Å²) in [7, 11) is 0. The van der Waals surface area contributed by atoms with Crippen molar-refractivity contribution in [1.82, 2.24) is 5.32 Å². The molecule has 7 heteroatoms. The normalized spacial score (nSPS) is 12.2. The average molecular weight is 341 g/mol. The van der Waals surface area contributed by atoms with Gasteiger partial charge in [0.05, 0.1) is 5.56 Å². The van der Waals surface area contributed by atoms with Crippen LogP contribution in [0.4, 0.5) is 0 Å². The van der Waals surface area contributed by atoms with Crippen LogP contribution in [0.1, 0.15) is 20.7 Å². The molecule has 0 aromatic heterocycles. The highest BCUT2D eigenvalue weighted by Gasteiger charge is 2.17. The number of ether oxygens (including phenoxy) is 3. The van der Waals surface area contributed by atoms with Gasteiger partial charge in [0.1, 0.15) is 13.2 Å². The van der Waals surface area contributed by atoms with Gasteiger partial charge in [0, 0.05) is 5.56 Å². The van der Waals surface area contributed by atoms with Crippen LogP contribution in [-0.4, -0.2) is 37.6 Å². The summed E-state index contributed by atoms with van der Waals surface area (Å²) < 4.78 is 15.7. The second-order valence-electron chi connectivity index (χ2n) is 5.18. The Hall–Kier alpha value is -3.35. The fourth-order valence-corrected chi connectivity index (χ4v) is 2.21. The van der Waals surface area contributed by atoms with Crippen LogP contribution >= 0.6 is 0 Å². The van der Waals surface area contributed by atoms with E-state index in [1.165, 1.54) is 12.1 Å². The SMILES string of the molecule is O=C(COC(=O)c1ccc2c(c1)OCCO2)NC(=O)c1ccccc1. The molecule has 0 fully saturated rings. The number of nitrogens with one attached hydrogen (secondary N) is 1. The molecule has 0 saturated carbocycles. The Kier molecular flexibility index (Phi) is 4.94. The van der Waals surface area contributed by atoms with Crippen molar-refractivity contribution in [2.24, 2.45) is 0 Å². The van der Waals surface area contributed by atoms with E-state index in [-0.39, 0.29) is 5.56 Å². The zero-order valence-corrected chi connectivity index (χ0v) is 13.2. The van der Waals surface area contributed by atoms with Crippen LogP contribution in [0.2, 0.25) is 0 Å². The maximum atomic E-state index is 12.0. The van der Waals surface area contributed by atoms with Crippen LogP contribution in [0.3, 0.4) is 0 Å². The Morgan fingerprint density at radius 1 is 0.920 bits per heavy atom. The third-order valence-electron chi connectivity index (χ3n) is 3.40. The highest BCUT2D eigenvalue weighted by molar-refractivity contribution is 6.05. The van der Waals surface area contributed by atoms with Crippen LogP contribution in [0, 0.1) is 0 Å². The minimum Gasteiger partial charge on any atom is -0.486 e. The number of carbonyl (C=O) groups excluding carboxylic acids is 3. The van der Waals surface area contributed by atoms with Crippen molar-refractivity contribution in [2.75, 3.05) is 19.8 Å². The summed E-state index contributed by atoms with van der Waals surface area (Å²) in [6.45, 7) is 0.285. The van der Waals surface area contributed by atoms with E-state index in [1.807, 2.05) is 0 Å². The van der Waals surface area contributed by atoms with E-state index < -0.39 is 24.4 Å². The first-order chi connectivity index (χ1) is 12.1. The minimum absolute atomic E-state index is 0.228. The molecule has 0 saturated heterocycles. The van der Waals surface area contributed by atoms with Crippen molar-refractivity contribution < 1.29 is 28.6 Å². The Morgan fingerprint density at radius 2 is 1.64 bits per heavy atom. The lowest BCUT2D eigenvalue weighted by Crippen LogP contribution is -2.34. The van der Waals surface area contributed by atoms with Gasteiger partial charge in [-0.05, 0) is 30.3 Å². The molecular formula is C18H15NO6. The minimum atomic E-state index is -0.709. The van der Waals surface area contributed by atoms with Crippen molar-refractivity contribution in [3.05, 3.63) is 59.7 Å². The fraction of sp³-hybridized carbons (Fsp3) is 0.167. The summed E-state index contributed by atoms with van der Waals surface area (Å²) in [6, 6.07) is 12.9. The molecule has 1 aliphatic rings. The first kappa shape index (κ1) is 16.5. The Balaban J connectivity index is 1.53. The summed E-state index contributed by atoms with van der Waals surface area (Å²) in [5.41, 5.74) is 0.570. The number of benzene rings is 2. The zero-order valence-electron chi connectivity index (χ0n) is 13.2. The lowest BCUT2D eigenvalue weighted by molar-refractivity contribution is -0.123. The first-order valence-corrected chi connectivity index (χ1v) is 7.59. The van der Waals surface area contributed by atoms with Gasteiger partial charge in [-0.25, -0.2) is 4.79 Å². The summed E-state index contributed by atoms with van der Waals surface area (Å²) in [4.78, 5) is 35.6. The molecule has 0 radical (unpaired) electrons. The van der Waals surface area contributed by atoms with E-state index in [0.717, 1.165) is 0 Å². The first-order valence-electron chi connectivity index (χ1n) is 7.59. The Labute approximate surface area is 143 Å². The van der Waals surface area contributed by atoms with Gasteiger partial charge >= 0.3 is 5.97 Å². The number of rotatable bonds is 4. The van der Waals surface area contributed by atoms with Gasteiger partial charge in [-0.2, -0.15) is 0 Å². The molecule has 0 bridgehead atoms. The van der Waals surface area contributed by atoms with Crippen molar-refractivity contribution in [1.29, 1.82) is 0 Å². The largest absolute Gasteiger partial charge is 0.486 e. The molecule has 1 aliphatic heterocycles. The maximum absolute atomic E-state index is 12.0. The molecule has 0 spiro atoms. The van der Waals surface area contributed by atoms with Crippen molar-refractivity contribution in [2.45, 2.75) is 0 Å². The lowest BCUT2D eigenvalue weighted by atomic mass is 10.2. The number of hydrogen-bond acceptors (Lipinski definition) is 6. The molecule has 0 unspecified atom stereocenters. The second-order valence-corrected chi connectivity index (χ2v) is 5.18. The maximum Gasteiger partial charge on any atom is 0.338 e. The molecular weight excluding hydrogens is 326 g/mol. The lowest BCUT2D eigenvalue weighted by Gasteiger charge is -2.18. The molecule has 1 N–H and O–H groups in total. The smallest absolute Gasteiger partial charge is 0.338 e. The van der Waals surface area contributed by atoms with Crippen molar-refractivity contribution >= 4 is 17.8 Å². The van der Waals surface area contributed by atoms with E-state index in [1.54, 1.807) is 36.4 Å². The third kappa shape index (κ3) is 4.14. The summed E-state index contributed by atoms with van der Waals surface area (Å²) >= 11 is 0. The molecule has 0 aliphatic carbocycles. The molecule has 128 valence electrons. The second kappa shape index (κ2) is 7.48. The van der Waals surface area contributed by atoms with Gasteiger partial charge in [-0.3, -0.25) is 14.9 Å². The van der Waals surface area contributed by atoms with E-state index >= 15 is 0 Å². The quantitative estimate of drug-likeness (QED) is 0.849. The van der Waals surface area contributed by atoms with Gasteiger partial charge < -0.3 is 14.2 Å². The van der Waals surface area contributed by atoms with Crippen LogP contribution in [0.15, 0.2) is 48.5 Å². The van der Waals surface area contributed by atoms with E-state index in [4.69, 9.17) is 14.2 Å². The number of fused-ring (bicyclic) bond motifs is 1. The molecule has 3 rings (SSSR count). The number of amides is 2. The van der Waals surface area contributed by atoms with Gasteiger partial charge in [0.15, 0.2) is 18.1 Å². The summed E-state index contributed by atoms with van der Waals surface area (Å²) in [5.74, 6) is -0.960. The standard InChI is InChI=1S/C18H15NO6/c20-16(19-17(21)12-4-2-1-3-5-12)11-25-18(22)13-6-7-14-15(10-13)24-9-8-23-14/h1-7,10H,8-9,11H2,(H,19,20,21). The van der Waals surface area contributed by atoms with Gasteiger partial charge in [-0.15, -0.1) is 0 Å².